The molecule has 2 heterocycles. The van der Waals surface area contributed by atoms with E-state index in [-0.39, 0.29) is 5.78 Å². The number of hydrogen-bond donors (Lipinski definition) is 0. The van der Waals surface area contributed by atoms with Crippen molar-refractivity contribution in [3.05, 3.63) is 64.2 Å². The summed E-state index contributed by atoms with van der Waals surface area (Å²) in [5.74, 6) is 0.788. The predicted octanol–water partition coefficient (Wildman–Crippen LogP) is 4.08. The zero-order chi connectivity index (χ0) is 14.7. The van der Waals surface area contributed by atoms with Crippen molar-refractivity contribution in [2.24, 2.45) is 0 Å². The van der Waals surface area contributed by atoms with Gasteiger partial charge in [0.2, 0.25) is 0 Å². The minimum atomic E-state index is 0.0403. The number of carbonyl (C=O) groups excluding carboxylic acids is 1. The lowest BCUT2D eigenvalue weighted by Crippen LogP contribution is -2.07. The van der Waals surface area contributed by atoms with Crippen LogP contribution in [0.15, 0.2) is 53.0 Å². The van der Waals surface area contributed by atoms with Crippen molar-refractivity contribution in [2.75, 3.05) is 12.2 Å². The molecule has 1 aliphatic heterocycles. The Balaban J connectivity index is 1.99. The average molecular weight is 315 g/mol. The number of pyridine rings is 1. The smallest absolute Gasteiger partial charge is 0.195 e. The molecule has 1 aromatic heterocycles. The van der Waals surface area contributed by atoms with Crippen LogP contribution in [0, 0.1) is 0 Å². The predicted molar refractivity (Wildman–Crippen MR) is 88.5 cm³/mol. The fraction of sp³-hybridized carbons (Fsp3) is 0.125. The number of thioether (sulfide) groups is 2. The number of Topliss-reactive ketones (excluding diaryl/α,β-unsaturated/α-hetero) is 1. The fourth-order valence-electron chi connectivity index (χ4n) is 2.01. The molecule has 0 unspecified atom stereocenters. The van der Waals surface area contributed by atoms with Gasteiger partial charge in [0.25, 0.3) is 0 Å². The quantitative estimate of drug-likeness (QED) is 0.628. The highest BCUT2D eigenvalue weighted by Gasteiger charge is 2.24. The number of benzene rings is 1. The Kier molecular flexibility index (Phi) is 4.31. The molecule has 0 atom stereocenters. The number of allylic oxidation sites excluding steroid dienone is 1. The summed E-state index contributed by atoms with van der Waals surface area (Å²) in [5.41, 5.74) is 2.35. The molecule has 0 N–H and O–H groups in total. The van der Waals surface area contributed by atoms with Gasteiger partial charge in [-0.1, -0.05) is 0 Å². The van der Waals surface area contributed by atoms with Gasteiger partial charge in [0.1, 0.15) is 5.75 Å². The number of ether oxygens (including phenoxy) is 1. The number of ketones is 1. The van der Waals surface area contributed by atoms with Crippen molar-refractivity contribution in [3.8, 4) is 5.75 Å². The monoisotopic (exact) mass is 315 g/mol. The van der Waals surface area contributed by atoms with E-state index in [4.69, 9.17) is 4.74 Å². The van der Waals surface area contributed by atoms with Crippen LogP contribution in [-0.4, -0.2) is 23.0 Å². The normalized spacial score (nSPS) is 13.5. The molecule has 0 saturated carbocycles. The maximum absolute atomic E-state index is 12.8. The van der Waals surface area contributed by atoms with E-state index < -0.39 is 0 Å². The highest BCUT2D eigenvalue weighted by molar-refractivity contribution is 8.37. The number of rotatable bonds is 4. The first-order valence-electron chi connectivity index (χ1n) is 6.38. The molecule has 3 rings (SSSR count). The number of carbonyl (C=O) groups is 1. The molecule has 1 fully saturated rings. The van der Waals surface area contributed by atoms with Gasteiger partial charge in [-0.2, -0.15) is 0 Å². The largest absolute Gasteiger partial charge is 0.497 e. The van der Waals surface area contributed by atoms with Crippen molar-refractivity contribution >= 4 is 34.9 Å². The van der Waals surface area contributed by atoms with E-state index in [2.05, 4.69) is 4.98 Å². The molecule has 0 spiro atoms. The first-order chi connectivity index (χ1) is 10.3. The maximum atomic E-state index is 12.8. The molecule has 106 valence electrons. The molecule has 21 heavy (non-hydrogen) atoms. The molecule has 1 aromatic carbocycles. The Morgan fingerprint density at radius 2 is 1.71 bits per heavy atom. The van der Waals surface area contributed by atoms with Crippen LogP contribution in [0.2, 0.25) is 0 Å². The second-order valence-electron chi connectivity index (χ2n) is 4.36. The van der Waals surface area contributed by atoms with Gasteiger partial charge in [0, 0.05) is 28.6 Å². The van der Waals surface area contributed by atoms with E-state index in [1.54, 1.807) is 55.2 Å². The van der Waals surface area contributed by atoms with E-state index in [0.29, 0.717) is 5.56 Å². The summed E-state index contributed by atoms with van der Waals surface area (Å²) in [5, 5.41) is 1.000. The van der Waals surface area contributed by atoms with Crippen molar-refractivity contribution in [2.45, 2.75) is 0 Å². The lowest BCUT2D eigenvalue weighted by Gasteiger charge is -2.20. The second-order valence-corrected chi connectivity index (χ2v) is 6.96. The van der Waals surface area contributed by atoms with Crippen LogP contribution in [0.25, 0.3) is 5.57 Å². The summed E-state index contributed by atoms with van der Waals surface area (Å²) >= 11 is 3.43. The third kappa shape index (κ3) is 2.99. The third-order valence-corrected chi connectivity index (χ3v) is 5.71. The molecule has 1 aliphatic rings. The molecule has 0 bridgehead atoms. The van der Waals surface area contributed by atoms with Crippen molar-refractivity contribution in [1.82, 2.24) is 4.98 Å². The van der Waals surface area contributed by atoms with Gasteiger partial charge in [-0.05, 0) is 42.0 Å². The van der Waals surface area contributed by atoms with Crippen LogP contribution in [0.5, 0.6) is 5.75 Å². The van der Waals surface area contributed by atoms with Crippen molar-refractivity contribution < 1.29 is 9.53 Å². The van der Waals surface area contributed by atoms with Crippen LogP contribution in [-0.2, 0) is 0 Å². The van der Waals surface area contributed by atoms with Crippen molar-refractivity contribution in [3.63, 3.8) is 0 Å². The number of hydrogen-bond acceptors (Lipinski definition) is 5. The minimum absolute atomic E-state index is 0.0403. The van der Waals surface area contributed by atoms with Crippen LogP contribution in [0.1, 0.15) is 15.9 Å². The van der Waals surface area contributed by atoms with Gasteiger partial charge in [-0.25, -0.2) is 0 Å². The van der Waals surface area contributed by atoms with Crippen LogP contribution in [0.4, 0.5) is 0 Å². The fourth-order valence-corrected chi connectivity index (χ4v) is 3.66. The van der Waals surface area contributed by atoms with Crippen molar-refractivity contribution in [1.29, 1.82) is 0 Å². The van der Waals surface area contributed by atoms with Gasteiger partial charge in [0.15, 0.2) is 5.78 Å². The highest BCUT2D eigenvalue weighted by Crippen LogP contribution is 2.48. The lowest BCUT2D eigenvalue weighted by molar-refractivity contribution is 0.105. The zero-order valence-corrected chi connectivity index (χ0v) is 13.0. The Bertz CT molecular complexity index is 675. The first kappa shape index (κ1) is 14.2. The molecule has 1 saturated heterocycles. The van der Waals surface area contributed by atoms with Gasteiger partial charge in [-0.15, -0.1) is 23.5 Å². The Morgan fingerprint density at radius 1 is 1.05 bits per heavy atom. The summed E-state index contributed by atoms with van der Waals surface area (Å²) in [6.45, 7) is 0. The molecule has 0 radical (unpaired) electrons. The van der Waals surface area contributed by atoms with Gasteiger partial charge >= 0.3 is 0 Å². The van der Waals surface area contributed by atoms with E-state index in [1.165, 1.54) is 0 Å². The molecule has 5 heteroatoms. The van der Waals surface area contributed by atoms with E-state index in [9.17, 15) is 4.79 Å². The number of methoxy groups -OCH3 is 1. The minimum Gasteiger partial charge on any atom is -0.497 e. The molecule has 2 aromatic rings. The molecule has 0 aliphatic carbocycles. The highest BCUT2D eigenvalue weighted by atomic mass is 32.3. The summed E-state index contributed by atoms with van der Waals surface area (Å²) in [4.78, 5) is 16.9. The van der Waals surface area contributed by atoms with E-state index >= 15 is 0 Å². The van der Waals surface area contributed by atoms with Gasteiger partial charge in [0.05, 0.1) is 11.3 Å². The number of nitrogens with zero attached hydrogens (tertiary/aromatic N) is 1. The molecular formula is C16H13NO2S2. The van der Waals surface area contributed by atoms with Crippen LogP contribution in [0.3, 0.4) is 0 Å². The summed E-state index contributed by atoms with van der Waals surface area (Å²) in [7, 11) is 1.61. The van der Waals surface area contributed by atoms with E-state index in [0.717, 1.165) is 26.2 Å². The SMILES string of the molecule is COc1ccc(C(=O)C(=C2SCS2)c2ccncc2)cc1. The lowest BCUT2D eigenvalue weighted by atomic mass is 9.99. The topological polar surface area (TPSA) is 39.2 Å². The Morgan fingerprint density at radius 3 is 2.24 bits per heavy atom. The summed E-state index contributed by atoms with van der Waals surface area (Å²) in [6, 6.07) is 11.0. The molecule has 3 nitrogen and oxygen atoms in total. The molecule has 0 amide bonds. The van der Waals surface area contributed by atoms with Gasteiger partial charge < -0.3 is 4.74 Å². The summed E-state index contributed by atoms with van der Waals surface area (Å²) in [6.07, 6.45) is 3.43. The van der Waals surface area contributed by atoms with Crippen LogP contribution < -0.4 is 4.74 Å². The Hall–Kier alpha value is -1.72. The van der Waals surface area contributed by atoms with Gasteiger partial charge in [-0.3, -0.25) is 9.78 Å². The second kappa shape index (κ2) is 6.37. The first-order valence-corrected chi connectivity index (χ1v) is 8.36. The van der Waals surface area contributed by atoms with E-state index in [1.807, 2.05) is 24.3 Å². The molecular weight excluding hydrogens is 302 g/mol. The third-order valence-electron chi connectivity index (χ3n) is 3.13. The summed E-state index contributed by atoms with van der Waals surface area (Å²) < 4.78 is 6.22. The number of aromatic nitrogens is 1. The zero-order valence-electron chi connectivity index (χ0n) is 11.4. The standard InChI is InChI=1S/C16H13NO2S2/c1-19-13-4-2-12(3-5-13)15(18)14(16-20-10-21-16)11-6-8-17-9-7-11/h2-9H,10H2,1H3. The average Bonchev–Trinajstić information content (AvgIpc) is 2.51. The Labute approximate surface area is 131 Å². The maximum Gasteiger partial charge on any atom is 0.195 e. The van der Waals surface area contributed by atoms with Crippen LogP contribution >= 0.6 is 23.5 Å².